The van der Waals surface area contributed by atoms with Crippen molar-refractivity contribution in [2.75, 3.05) is 6.61 Å². The maximum atomic E-state index is 13.2. The molecule has 0 aliphatic carbocycles. The van der Waals surface area contributed by atoms with Crippen molar-refractivity contribution in [2.45, 2.75) is 238 Å². The molecule has 0 heterocycles. The summed E-state index contributed by atoms with van der Waals surface area (Å²) in [7, 11) is 0. The number of rotatable bonds is 44. The van der Waals surface area contributed by atoms with Crippen molar-refractivity contribution in [1.29, 1.82) is 0 Å². The zero-order valence-corrected chi connectivity index (χ0v) is 40.2. The van der Waals surface area contributed by atoms with Gasteiger partial charge in [-0.1, -0.05) is 214 Å². The van der Waals surface area contributed by atoms with Gasteiger partial charge in [-0.05, 0) is 89.9 Å². The fraction of sp³-hybridized carbons (Fsp3) is 0.679. The van der Waals surface area contributed by atoms with Crippen LogP contribution in [-0.4, -0.2) is 46.9 Å². The van der Waals surface area contributed by atoms with E-state index in [1.54, 1.807) is 0 Å². The molecule has 62 heavy (non-hydrogen) atoms. The van der Waals surface area contributed by atoms with Crippen molar-refractivity contribution < 1.29 is 24.5 Å². The Labute approximate surface area is 382 Å². The number of amides is 1. The van der Waals surface area contributed by atoms with Gasteiger partial charge in [-0.15, -0.1) is 0 Å². The molecule has 0 aromatic heterocycles. The van der Waals surface area contributed by atoms with Crippen LogP contribution in [0.15, 0.2) is 97.2 Å². The summed E-state index contributed by atoms with van der Waals surface area (Å²) >= 11 is 0. The Morgan fingerprint density at radius 2 is 0.871 bits per heavy atom. The van der Waals surface area contributed by atoms with Crippen LogP contribution in [0, 0.1) is 0 Å². The van der Waals surface area contributed by atoms with Crippen LogP contribution in [0.3, 0.4) is 0 Å². The minimum Gasteiger partial charge on any atom is -0.462 e. The first-order valence-corrected chi connectivity index (χ1v) is 25.5. The Morgan fingerprint density at radius 3 is 1.31 bits per heavy atom. The number of ether oxygens (including phenoxy) is 1. The largest absolute Gasteiger partial charge is 0.462 e. The van der Waals surface area contributed by atoms with Crippen LogP contribution < -0.4 is 5.32 Å². The second-order valence-electron chi connectivity index (χ2n) is 16.8. The standard InChI is InChI=1S/C56H95NO5/c1-4-7-10-13-16-19-22-25-27-29-31-34-37-40-43-46-49-56(61)62-52(47-44-41-38-35-32-24-21-18-15-12-9-6-3)50-55(60)57-53(51-58)54(59)48-45-42-39-36-33-30-28-26-23-20-17-14-11-8-5-2/h7,9-10,12,16,18-19,21,25,27,31-32,34-35,40,43,52-54,58-59H,4-6,8,11,13-15,17,20,22-24,26,28-30,33,36-39,41-42,44-51H2,1-3H3,(H,57,60)/b10-7+,12-9+,19-16+,21-18+,27-25+,34-31+,35-32+,43-40+. The van der Waals surface area contributed by atoms with E-state index in [9.17, 15) is 19.8 Å². The van der Waals surface area contributed by atoms with Crippen LogP contribution in [0.4, 0.5) is 0 Å². The molecular formula is C56H95NO5. The number of hydrogen-bond donors (Lipinski definition) is 3. The first-order chi connectivity index (χ1) is 30.5. The Bertz CT molecular complexity index is 1240. The predicted octanol–water partition coefficient (Wildman–Crippen LogP) is 15.3. The molecule has 0 aromatic rings. The number of allylic oxidation sites excluding steroid dienone is 16. The van der Waals surface area contributed by atoms with Crippen molar-refractivity contribution in [2.24, 2.45) is 0 Å². The molecule has 6 nitrogen and oxygen atoms in total. The molecule has 0 rings (SSSR count). The van der Waals surface area contributed by atoms with E-state index in [0.29, 0.717) is 19.3 Å². The lowest BCUT2D eigenvalue weighted by atomic mass is 10.0. The van der Waals surface area contributed by atoms with Crippen molar-refractivity contribution in [3.8, 4) is 0 Å². The highest BCUT2D eigenvalue weighted by molar-refractivity contribution is 5.77. The molecule has 0 aliphatic rings. The van der Waals surface area contributed by atoms with Crippen LogP contribution in [0.25, 0.3) is 0 Å². The highest BCUT2D eigenvalue weighted by Crippen LogP contribution is 2.16. The fourth-order valence-electron chi connectivity index (χ4n) is 7.14. The second kappa shape index (κ2) is 48.8. The third-order valence-corrected chi connectivity index (χ3v) is 10.9. The van der Waals surface area contributed by atoms with Crippen LogP contribution in [-0.2, 0) is 14.3 Å². The topological polar surface area (TPSA) is 95.9 Å². The van der Waals surface area contributed by atoms with Crippen LogP contribution in [0.1, 0.15) is 220 Å². The lowest BCUT2D eigenvalue weighted by Gasteiger charge is -2.24. The SMILES string of the molecule is CC/C=C/C/C=C/C/C=C/C/C=C/C/C=C/CCC(=O)OC(CCCC/C=C/C/C=C/C/C=C/CC)CC(=O)NC(CO)C(O)CCCCCCCCCCCCCCCCC. The van der Waals surface area contributed by atoms with Gasteiger partial charge in [0.05, 0.1) is 25.2 Å². The van der Waals surface area contributed by atoms with Crippen molar-refractivity contribution in [1.82, 2.24) is 5.32 Å². The Kier molecular flexibility index (Phi) is 46.3. The number of nitrogens with one attached hydrogen (secondary N) is 1. The van der Waals surface area contributed by atoms with Gasteiger partial charge in [0, 0.05) is 6.42 Å². The van der Waals surface area contributed by atoms with Gasteiger partial charge in [-0.25, -0.2) is 0 Å². The van der Waals surface area contributed by atoms with Crippen LogP contribution >= 0.6 is 0 Å². The normalized spacial score (nSPS) is 14.1. The van der Waals surface area contributed by atoms with Gasteiger partial charge < -0.3 is 20.3 Å². The van der Waals surface area contributed by atoms with Gasteiger partial charge in [0.15, 0.2) is 0 Å². The molecule has 0 bridgehead atoms. The summed E-state index contributed by atoms with van der Waals surface area (Å²) in [5.41, 5.74) is 0. The summed E-state index contributed by atoms with van der Waals surface area (Å²) in [6.45, 7) is 6.22. The molecule has 3 unspecified atom stereocenters. The van der Waals surface area contributed by atoms with Gasteiger partial charge in [0.25, 0.3) is 0 Å². The van der Waals surface area contributed by atoms with Crippen LogP contribution in [0.2, 0.25) is 0 Å². The number of hydrogen-bond acceptors (Lipinski definition) is 5. The molecule has 3 atom stereocenters. The molecule has 3 N–H and O–H groups in total. The second-order valence-corrected chi connectivity index (χ2v) is 16.8. The lowest BCUT2D eigenvalue weighted by Crippen LogP contribution is -2.46. The molecule has 0 radical (unpaired) electrons. The zero-order chi connectivity index (χ0) is 45.2. The third-order valence-electron chi connectivity index (χ3n) is 10.9. The smallest absolute Gasteiger partial charge is 0.306 e. The summed E-state index contributed by atoms with van der Waals surface area (Å²) in [5.74, 6) is -0.619. The van der Waals surface area contributed by atoms with Gasteiger partial charge in [-0.2, -0.15) is 0 Å². The minimum absolute atomic E-state index is 0.0166. The highest BCUT2D eigenvalue weighted by Gasteiger charge is 2.24. The minimum atomic E-state index is -0.815. The Balaban J connectivity index is 4.70. The maximum Gasteiger partial charge on any atom is 0.306 e. The highest BCUT2D eigenvalue weighted by atomic mass is 16.5. The fourth-order valence-corrected chi connectivity index (χ4v) is 7.14. The lowest BCUT2D eigenvalue weighted by molar-refractivity contribution is -0.150. The summed E-state index contributed by atoms with van der Waals surface area (Å²) in [6.07, 6.45) is 64.8. The Hall–Kier alpha value is -3.22. The van der Waals surface area contributed by atoms with Gasteiger partial charge in [0.2, 0.25) is 5.91 Å². The first kappa shape index (κ1) is 58.8. The van der Waals surface area contributed by atoms with E-state index in [1.807, 2.05) is 6.08 Å². The van der Waals surface area contributed by atoms with Gasteiger partial charge >= 0.3 is 5.97 Å². The number of esters is 1. The number of aliphatic hydroxyl groups is 2. The van der Waals surface area contributed by atoms with E-state index in [1.165, 1.54) is 77.0 Å². The van der Waals surface area contributed by atoms with E-state index in [4.69, 9.17) is 4.74 Å². The van der Waals surface area contributed by atoms with Gasteiger partial charge in [0.1, 0.15) is 6.10 Å². The van der Waals surface area contributed by atoms with E-state index in [0.717, 1.165) is 89.9 Å². The average molecular weight is 862 g/mol. The molecule has 0 saturated heterocycles. The van der Waals surface area contributed by atoms with E-state index in [-0.39, 0.29) is 31.3 Å². The number of carbonyl (C=O) groups is 2. The Morgan fingerprint density at radius 1 is 0.484 bits per heavy atom. The molecular weight excluding hydrogens is 767 g/mol. The molecule has 0 fully saturated rings. The van der Waals surface area contributed by atoms with Gasteiger partial charge in [-0.3, -0.25) is 9.59 Å². The zero-order valence-electron chi connectivity index (χ0n) is 40.2. The first-order valence-electron chi connectivity index (χ1n) is 25.5. The molecule has 1 amide bonds. The number of carbonyl (C=O) groups excluding carboxylic acids is 2. The quantitative estimate of drug-likeness (QED) is 0.0322. The van der Waals surface area contributed by atoms with E-state index >= 15 is 0 Å². The summed E-state index contributed by atoms with van der Waals surface area (Å²) in [5, 5.41) is 23.7. The summed E-state index contributed by atoms with van der Waals surface area (Å²) < 4.78 is 5.86. The van der Waals surface area contributed by atoms with Crippen molar-refractivity contribution in [3.63, 3.8) is 0 Å². The van der Waals surface area contributed by atoms with Crippen LogP contribution in [0.5, 0.6) is 0 Å². The van der Waals surface area contributed by atoms with E-state index < -0.39 is 18.2 Å². The molecule has 354 valence electrons. The van der Waals surface area contributed by atoms with E-state index in [2.05, 4.69) is 117 Å². The molecule has 6 heteroatoms. The average Bonchev–Trinajstić information content (AvgIpc) is 3.26. The third kappa shape index (κ3) is 43.4. The molecule has 0 saturated carbocycles. The summed E-state index contributed by atoms with van der Waals surface area (Å²) in [4.78, 5) is 26.1. The molecule has 0 aliphatic heterocycles. The maximum absolute atomic E-state index is 13.2. The van der Waals surface area contributed by atoms with Crippen molar-refractivity contribution in [3.05, 3.63) is 97.2 Å². The number of unbranched alkanes of at least 4 members (excludes halogenated alkanes) is 16. The summed E-state index contributed by atoms with van der Waals surface area (Å²) in [6, 6.07) is -0.734. The van der Waals surface area contributed by atoms with Crippen molar-refractivity contribution >= 4 is 11.9 Å². The monoisotopic (exact) mass is 862 g/mol. The molecule has 0 spiro atoms. The number of aliphatic hydroxyl groups excluding tert-OH is 2. The predicted molar refractivity (Wildman–Crippen MR) is 268 cm³/mol. The molecule has 0 aromatic carbocycles.